The van der Waals surface area contributed by atoms with E-state index in [2.05, 4.69) is 25.7 Å². The fraction of sp³-hybridized carbons (Fsp3) is 0.333. The maximum Gasteiger partial charge on any atom is 0.226 e. The van der Waals surface area contributed by atoms with E-state index in [4.69, 9.17) is 0 Å². The zero-order valence-electron chi connectivity index (χ0n) is 14.1. The molecular formula is C18H20N6O. The van der Waals surface area contributed by atoms with Gasteiger partial charge >= 0.3 is 0 Å². The molecule has 2 aromatic heterocycles. The van der Waals surface area contributed by atoms with Gasteiger partial charge in [-0.15, -0.1) is 10.2 Å². The minimum atomic E-state index is -0.0699. The highest BCUT2D eigenvalue weighted by Crippen LogP contribution is 2.41. The molecule has 4 rings (SSSR count). The van der Waals surface area contributed by atoms with E-state index in [1.807, 2.05) is 41.8 Å². The van der Waals surface area contributed by atoms with E-state index >= 15 is 0 Å². The van der Waals surface area contributed by atoms with E-state index in [1.165, 1.54) is 12.8 Å². The van der Waals surface area contributed by atoms with Gasteiger partial charge in [-0.3, -0.25) is 14.5 Å². The van der Waals surface area contributed by atoms with E-state index in [0.717, 1.165) is 22.8 Å². The Balaban J connectivity index is 1.39. The number of benzene rings is 1. The Hall–Kier alpha value is -2.96. The van der Waals surface area contributed by atoms with Gasteiger partial charge in [0.1, 0.15) is 12.2 Å². The minimum Gasteiger partial charge on any atom is -0.309 e. The summed E-state index contributed by atoms with van der Waals surface area (Å²) in [6.45, 7) is 2.00. The van der Waals surface area contributed by atoms with Gasteiger partial charge in [0.25, 0.3) is 0 Å². The lowest BCUT2D eigenvalue weighted by molar-refractivity contribution is -0.116. The maximum atomic E-state index is 12.3. The lowest BCUT2D eigenvalue weighted by Crippen LogP contribution is -2.14. The first-order valence-electron chi connectivity index (χ1n) is 8.51. The van der Waals surface area contributed by atoms with Gasteiger partial charge < -0.3 is 5.32 Å². The average Bonchev–Trinajstić information content (AvgIpc) is 3.25. The normalized spacial score (nSPS) is 13.8. The number of hydrogen-bond acceptors (Lipinski definition) is 4. The second-order valence-corrected chi connectivity index (χ2v) is 6.39. The highest BCUT2D eigenvalue weighted by Gasteiger charge is 2.28. The summed E-state index contributed by atoms with van der Waals surface area (Å²) in [6.07, 6.45) is 4.91. The largest absolute Gasteiger partial charge is 0.309 e. The number of para-hydroxylation sites is 1. The van der Waals surface area contributed by atoms with Crippen LogP contribution in [-0.2, 0) is 11.2 Å². The molecule has 0 bridgehead atoms. The van der Waals surface area contributed by atoms with Gasteiger partial charge in [0.15, 0.2) is 5.82 Å². The fourth-order valence-electron chi connectivity index (χ4n) is 2.96. The first-order chi connectivity index (χ1) is 12.2. The van der Waals surface area contributed by atoms with Crippen molar-refractivity contribution in [2.45, 2.75) is 38.5 Å². The molecule has 1 saturated carbocycles. The summed E-state index contributed by atoms with van der Waals surface area (Å²) >= 11 is 0. The van der Waals surface area contributed by atoms with Gasteiger partial charge in [-0.2, -0.15) is 5.10 Å². The molecule has 1 aliphatic rings. The molecule has 7 nitrogen and oxygen atoms in total. The Morgan fingerprint density at radius 1 is 1.32 bits per heavy atom. The molecular weight excluding hydrogens is 316 g/mol. The van der Waals surface area contributed by atoms with E-state index in [0.29, 0.717) is 24.6 Å². The third kappa shape index (κ3) is 3.31. The molecule has 0 saturated heterocycles. The van der Waals surface area contributed by atoms with Crippen molar-refractivity contribution in [1.29, 1.82) is 0 Å². The van der Waals surface area contributed by atoms with Crippen molar-refractivity contribution in [2.75, 3.05) is 5.32 Å². The van der Waals surface area contributed by atoms with E-state index in [1.54, 1.807) is 6.33 Å². The molecule has 1 amide bonds. The van der Waals surface area contributed by atoms with Gasteiger partial charge in [0.2, 0.25) is 5.91 Å². The number of anilines is 1. The van der Waals surface area contributed by atoms with Crippen LogP contribution in [0.4, 0.5) is 5.82 Å². The summed E-state index contributed by atoms with van der Waals surface area (Å²) in [4.78, 5) is 12.3. The molecule has 1 aliphatic carbocycles. The van der Waals surface area contributed by atoms with E-state index < -0.39 is 0 Å². The van der Waals surface area contributed by atoms with E-state index in [-0.39, 0.29) is 5.91 Å². The van der Waals surface area contributed by atoms with Gasteiger partial charge in [-0.25, -0.2) is 0 Å². The highest BCUT2D eigenvalue weighted by atomic mass is 16.1. The maximum absolute atomic E-state index is 12.3. The molecule has 1 aromatic carbocycles. The topological polar surface area (TPSA) is 88.5 Å². The standard InChI is InChI=1S/C18H20N6O/c1-12-17(13-7-8-13)22-23-18(12)20-16(25)10-9-15-21-19-11-24(15)14-5-3-2-4-6-14/h2-6,11,13H,7-10H2,1H3,(H2,20,22,23,25). The van der Waals surface area contributed by atoms with Gasteiger partial charge in [-0.05, 0) is 31.9 Å². The average molecular weight is 336 g/mol. The zero-order valence-corrected chi connectivity index (χ0v) is 14.1. The molecule has 7 heteroatoms. The Bertz CT molecular complexity index is 878. The fourth-order valence-corrected chi connectivity index (χ4v) is 2.96. The van der Waals surface area contributed by atoms with Crippen molar-refractivity contribution in [3.05, 3.63) is 53.7 Å². The number of carbonyl (C=O) groups excluding carboxylic acids is 1. The Morgan fingerprint density at radius 2 is 2.12 bits per heavy atom. The lowest BCUT2D eigenvalue weighted by atomic mass is 10.2. The molecule has 2 N–H and O–H groups in total. The summed E-state index contributed by atoms with van der Waals surface area (Å²) in [5.41, 5.74) is 3.18. The van der Waals surface area contributed by atoms with Gasteiger partial charge in [-0.1, -0.05) is 18.2 Å². The Kier molecular flexibility index (Phi) is 4.05. The number of aromatic amines is 1. The predicted molar refractivity (Wildman–Crippen MR) is 93.6 cm³/mol. The number of nitrogens with zero attached hydrogens (tertiary/aromatic N) is 4. The monoisotopic (exact) mass is 336 g/mol. The Morgan fingerprint density at radius 3 is 2.88 bits per heavy atom. The van der Waals surface area contributed by atoms with Crippen LogP contribution in [0.15, 0.2) is 36.7 Å². The van der Waals surface area contributed by atoms with Crippen molar-refractivity contribution in [3.8, 4) is 5.69 Å². The summed E-state index contributed by atoms with van der Waals surface area (Å²) < 4.78 is 1.90. The number of nitrogens with one attached hydrogen (secondary N) is 2. The minimum absolute atomic E-state index is 0.0699. The summed E-state index contributed by atoms with van der Waals surface area (Å²) in [5.74, 6) is 1.91. The lowest BCUT2D eigenvalue weighted by Gasteiger charge is -2.06. The van der Waals surface area contributed by atoms with E-state index in [9.17, 15) is 4.79 Å². The molecule has 0 radical (unpaired) electrons. The summed E-state index contributed by atoms with van der Waals surface area (Å²) in [5, 5.41) is 18.3. The molecule has 25 heavy (non-hydrogen) atoms. The number of hydrogen-bond donors (Lipinski definition) is 2. The van der Waals surface area contributed by atoms with Crippen LogP contribution in [0.5, 0.6) is 0 Å². The quantitative estimate of drug-likeness (QED) is 0.724. The molecule has 0 aliphatic heterocycles. The molecule has 0 atom stereocenters. The van der Waals surface area contributed by atoms with Crippen LogP contribution in [0.3, 0.4) is 0 Å². The third-order valence-electron chi connectivity index (χ3n) is 4.52. The second kappa shape index (κ2) is 6.51. The number of rotatable bonds is 6. The molecule has 3 aromatic rings. The molecule has 2 heterocycles. The number of amides is 1. The highest BCUT2D eigenvalue weighted by molar-refractivity contribution is 5.90. The van der Waals surface area contributed by atoms with Crippen LogP contribution in [0.25, 0.3) is 5.69 Å². The van der Waals surface area contributed by atoms with Crippen LogP contribution in [-0.4, -0.2) is 30.9 Å². The first kappa shape index (κ1) is 15.6. The van der Waals surface area contributed by atoms with Crippen LogP contribution < -0.4 is 5.32 Å². The van der Waals surface area contributed by atoms with Crippen molar-refractivity contribution < 1.29 is 4.79 Å². The van der Waals surface area contributed by atoms with Crippen LogP contribution >= 0.6 is 0 Å². The Labute approximate surface area is 145 Å². The van der Waals surface area contributed by atoms with Gasteiger partial charge in [0.05, 0.1) is 0 Å². The van der Waals surface area contributed by atoms with Crippen LogP contribution in [0, 0.1) is 6.92 Å². The van der Waals surface area contributed by atoms with Crippen molar-refractivity contribution in [3.63, 3.8) is 0 Å². The SMILES string of the molecule is Cc1c(NC(=O)CCc2nncn2-c2ccccc2)n[nH]c1C1CC1. The van der Waals surface area contributed by atoms with Gasteiger partial charge in [0, 0.05) is 35.7 Å². The molecule has 1 fully saturated rings. The summed E-state index contributed by atoms with van der Waals surface area (Å²) in [7, 11) is 0. The van der Waals surface area contributed by atoms with Crippen molar-refractivity contribution in [2.24, 2.45) is 0 Å². The molecule has 0 spiro atoms. The predicted octanol–water partition coefficient (Wildman–Crippen LogP) is 2.75. The molecule has 128 valence electrons. The van der Waals surface area contributed by atoms with Crippen LogP contribution in [0.2, 0.25) is 0 Å². The number of aryl methyl sites for hydroxylation is 1. The third-order valence-corrected chi connectivity index (χ3v) is 4.52. The number of carbonyl (C=O) groups is 1. The van der Waals surface area contributed by atoms with Crippen molar-refractivity contribution in [1.82, 2.24) is 25.0 Å². The molecule has 0 unspecified atom stereocenters. The number of H-pyrrole nitrogens is 1. The second-order valence-electron chi connectivity index (χ2n) is 6.39. The smallest absolute Gasteiger partial charge is 0.226 e. The first-order valence-corrected chi connectivity index (χ1v) is 8.51. The zero-order chi connectivity index (χ0) is 17.2. The van der Waals surface area contributed by atoms with Crippen molar-refractivity contribution >= 4 is 11.7 Å². The summed E-state index contributed by atoms with van der Waals surface area (Å²) in [6, 6.07) is 9.86. The van der Waals surface area contributed by atoms with Crippen LogP contribution in [0.1, 0.15) is 42.3 Å². The number of aromatic nitrogens is 5.